The second-order valence-corrected chi connectivity index (χ2v) is 13.9. The Morgan fingerprint density at radius 2 is 1.29 bits per heavy atom. The monoisotopic (exact) mass is 646 g/mol. The normalized spacial score (nSPS) is 12.1. The second-order valence-electron chi connectivity index (χ2n) is 13.9. The highest BCUT2D eigenvalue weighted by atomic mass is 16.5. The molecule has 0 saturated carbocycles. The van der Waals surface area contributed by atoms with Crippen molar-refractivity contribution < 1.29 is 24.5 Å². The molecule has 2 amide bonds. The number of para-hydroxylation sites is 1. The van der Waals surface area contributed by atoms with Gasteiger partial charge >= 0.3 is 12.2 Å². The van der Waals surface area contributed by atoms with Gasteiger partial charge in [0.2, 0.25) is 0 Å². The summed E-state index contributed by atoms with van der Waals surface area (Å²) in [5.74, 6) is 0.630. The highest BCUT2D eigenvalue weighted by Crippen LogP contribution is 2.56. The molecule has 0 aliphatic carbocycles. The van der Waals surface area contributed by atoms with Gasteiger partial charge in [-0.2, -0.15) is 0 Å². The van der Waals surface area contributed by atoms with Gasteiger partial charge in [0, 0.05) is 23.5 Å². The summed E-state index contributed by atoms with van der Waals surface area (Å²) < 4.78 is 6.25. The maximum absolute atomic E-state index is 12.6. The number of amides is 2. The maximum Gasteiger partial charge on any atom is 0.417 e. The summed E-state index contributed by atoms with van der Waals surface area (Å²) in [6.07, 6.45) is 2.19. The van der Waals surface area contributed by atoms with E-state index in [0.717, 1.165) is 24.0 Å². The Morgan fingerprint density at radius 1 is 0.708 bits per heavy atom. The zero-order valence-corrected chi connectivity index (χ0v) is 28.3. The molecule has 5 aromatic rings. The minimum atomic E-state index is -1.53. The van der Waals surface area contributed by atoms with Crippen molar-refractivity contribution in [3.05, 3.63) is 108 Å². The van der Waals surface area contributed by atoms with Crippen LogP contribution in [-0.2, 0) is 12.0 Å². The van der Waals surface area contributed by atoms with E-state index >= 15 is 0 Å². The quantitative estimate of drug-likeness (QED) is 0.152. The lowest BCUT2D eigenvalue weighted by atomic mass is 9.56. The van der Waals surface area contributed by atoms with E-state index in [2.05, 4.69) is 4.98 Å². The number of ether oxygens (including phenoxy) is 1. The lowest BCUT2D eigenvalue weighted by Gasteiger charge is -2.56. The molecular formula is C39H42N4O5. The van der Waals surface area contributed by atoms with Crippen LogP contribution in [0.4, 0.5) is 9.59 Å². The largest absolute Gasteiger partial charge is 0.491 e. The van der Waals surface area contributed by atoms with Gasteiger partial charge in [0.15, 0.2) is 0 Å². The Bertz CT molecular complexity index is 1870. The molecule has 0 saturated heterocycles. The van der Waals surface area contributed by atoms with Crippen LogP contribution in [0.2, 0.25) is 0 Å². The maximum atomic E-state index is 12.6. The second kappa shape index (κ2) is 13.4. The number of pyridine rings is 1. The molecule has 2 heterocycles. The molecule has 0 atom stereocenters. The Balaban J connectivity index is 1.62. The van der Waals surface area contributed by atoms with Crippen LogP contribution >= 0.6 is 0 Å². The lowest BCUT2D eigenvalue weighted by Crippen LogP contribution is -2.64. The fourth-order valence-corrected chi connectivity index (χ4v) is 7.20. The van der Waals surface area contributed by atoms with Crippen molar-refractivity contribution in [2.45, 2.75) is 59.9 Å². The summed E-state index contributed by atoms with van der Waals surface area (Å²) in [4.78, 5) is 40.0. The molecule has 9 heteroatoms. The van der Waals surface area contributed by atoms with Gasteiger partial charge in [0.25, 0.3) is 0 Å². The first kappa shape index (κ1) is 34.0. The number of carboxylic acid groups (broad SMARTS) is 2. The molecule has 5 rings (SSSR count). The lowest BCUT2D eigenvalue weighted by molar-refractivity contribution is -0.0664. The van der Waals surface area contributed by atoms with E-state index < -0.39 is 28.6 Å². The molecule has 0 bridgehead atoms. The fraction of sp³-hybridized carbons (Fsp3) is 0.308. The van der Waals surface area contributed by atoms with E-state index in [1.165, 1.54) is 5.56 Å². The molecule has 0 fully saturated rings. The van der Waals surface area contributed by atoms with Crippen LogP contribution in [0, 0.1) is 10.8 Å². The third-order valence-corrected chi connectivity index (χ3v) is 8.79. The summed E-state index contributed by atoms with van der Waals surface area (Å²) in [7, 11) is 0. The van der Waals surface area contributed by atoms with E-state index in [9.17, 15) is 19.8 Å². The number of fused-ring (bicyclic) bond motifs is 1. The first-order valence-corrected chi connectivity index (χ1v) is 16.0. The topological polar surface area (TPSA) is 126 Å². The number of hydrogen-bond acceptors (Lipinski definition) is 6. The number of carbonyl (C=O) groups is 2. The average molecular weight is 647 g/mol. The average Bonchev–Trinajstić information content (AvgIpc) is 3.04. The van der Waals surface area contributed by atoms with E-state index in [-0.39, 0.29) is 0 Å². The summed E-state index contributed by atoms with van der Waals surface area (Å²) in [6, 6.07) is 26.9. The van der Waals surface area contributed by atoms with Crippen LogP contribution in [0.3, 0.4) is 0 Å². The molecule has 0 unspecified atom stereocenters. The zero-order valence-electron chi connectivity index (χ0n) is 28.3. The van der Waals surface area contributed by atoms with Crippen molar-refractivity contribution in [2.75, 3.05) is 6.61 Å². The van der Waals surface area contributed by atoms with Crippen LogP contribution < -0.4 is 4.74 Å². The Hall–Kier alpha value is -5.31. The smallest absolute Gasteiger partial charge is 0.417 e. The number of imide groups is 1. The predicted molar refractivity (Wildman–Crippen MR) is 187 cm³/mol. The number of rotatable bonds is 9. The number of aromatic nitrogens is 3. The van der Waals surface area contributed by atoms with Crippen molar-refractivity contribution >= 4 is 23.2 Å². The van der Waals surface area contributed by atoms with E-state index in [4.69, 9.17) is 14.7 Å². The highest BCUT2D eigenvalue weighted by molar-refractivity contribution is 5.90. The predicted octanol–water partition coefficient (Wildman–Crippen LogP) is 9.32. The molecule has 248 valence electrons. The molecule has 0 aliphatic rings. The van der Waals surface area contributed by atoms with Gasteiger partial charge in [-0.25, -0.2) is 24.5 Å². The number of hydrogen-bond donors (Lipinski definition) is 2. The van der Waals surface area contributed by atoms with Gasteiger partial charge in [-0.15, -0.1) is 0 Å². The van der Waals surface area contributed by atoms with E-state index in [1.54, 1.807) is 12.4 Å². The molecule has 2 aromatic heterocycles. The minimum absolute atomic E-state index is 0.499. The molecule has 9 nitrogen and oxygen atoms in total. The number of benzene rings is 3. The molecule has 0 spiro atoms. The van der Waals surface area contributed by atoms with Gasteiger partial charge in [-0.1, -0.05) is 102 Å². The summed E-state index contributed by atoms with van der Waals surface area (Å²) in [6.45, 7) is 11.7. The highest BCUT2D eigenvalue weighted by Gasteiger charge is 2.60. The first-order chi connectivity index (χ1) is 22.8. The molecule has 2 N–H and O–H groups in total. The summed E-state index contributed by atoms with van der Waals surface area (Å²) in [5, 5.41) is 20.5. The van der Waals surface area contributed by atoms with Gasteiger partial charge in [-0.05, 0) is 59.1 Å². The Labute approximate surface area is 281 Å². The molecule has 48 heavy (non-hydrogen) atoms. The van der Waals surface area contributed by atoms with Gasteiger partial charge < -0.3 is 14.9 Å². The third-order valence-electron chi connectivity index (χ3n) is 8.79. The Morgan fingerprint density at radius 3 is 1.88 bits per heavy atom. The molecule has 0 aliphatic heterocycles. The van der Waals surface area contributed by atoms with Gasteiger partial charge in [0.05, 0.1) is 29.1 Å². The zero-order chi connectivity index (χ0) is 34.7. The summed E-state index contributed by atoms with van der Waals surface area (Å²) in [5.41, 5.74) is 2.94. The van der Waals surface area contributed by atoms with Crippen LogP contribution in [0.15, 0.2) is 97.3 Å². The van der Waals surface area contributed by atoms with Crippen molar-refractivity contribution in [3.63, 3.8) is 0 Å². The standard InChI is InChI=1S/C39H42N4O5/c1-37(2,3)39(38(4,5)6,43(35(44)45)36(46)47)29-19-17-28(18-20-29)33-32(27-13-8-7-9-14-27)41-30-15-10-16-31(34(30)42-33)48-25-11-12-26-21-23-40-24-22-26/h7-10,13-24H,11-12,25H2,1-6H3,(H,44,45)(H,46,47). The van der Waals surface area contributed by atoms with Crippen LogP contribution in [0.5, 0.6) is 5.75 Å². The molecular weight excluding hydrogens is 604 g/mol. The van der Waals surface area contributed by atoms with E-state index in [1.807, 2.05) is 126 Å². The number of nitrogens with zero attached hydrogens (tertiary/aromatic N) is 4. The SMILES string of the molecule is CC(C)(C)C(c1ccc(-c2nc3c(OCCCc4ccncc4)cccc3nc2-c2ccccc2)cc1)(N(C(=O)O)C(=O)O)C(C)(C)C. The summed E-state index contributed by atoms with van der Waals surface area (Å²) >= 11 is 0. The molecule has 0 radical (unpaired) electrons. The van der Waals surface area contributed by atoms with Crippen molar-refractivity contribution in [3.8, 4) is 28.3 Å². The number of aryl methyl sites for hydroxylation is 1. The van der Waals surface area contributed by atoms with Crippen LogP contribution in [0.1, 0.15) is 59.1 Å². The van der Waals surface area contributed by atoms with E-state index in [0.29, 0.717) is 45.2 Å². The third kappa shape index (κ3) is 6.45. The Kier molecular flexibility index (Phi) is 9.52. The van der Waals surface area contributed by atoms with Crippen LogP contribution in [-0.4, -0.2) is 48.9 Å². The van der Waals surface area contributed by atoms with Gasteiger partial charge in [0.1, 0.15) is 11.3 Å². The fourth-order valence-electron chi connectivity index (χ4n) is 7.20. The van der Waals surface area contributed by atoms with Crippen molar-refractivity contribution in [2.24, 2.45) is 10.8 Å². The van der Waals surface area contributed by atoms with Crippen molar-refractivity contribution in [1.82, 2.24) is 19.9 Å². The first-order valence-electron chi connectivity index (χ1n) is 16.0. The van der Waals surface area contributed by atoms with Gasteiger partial charge in [-0.3, -0.25) is 4.98 Å². The van der Waals surface area contributed by atoms with Crippen LogP contribution in [0.25, 0.3) is 33.5 Å². The molecule has 3 aromatic carbocycles. The van der Waals surface area contributed by atoms with Crippen molar-refractivity contribution in [1.29, 1.82) is 0 Å². The minimum Gasteiger partial charge on any atom is -0.491 e.